The first-order valence-electron chi connectivity index (χ1n) is 8.23. The van der Waals surface area contributed by atoms with Crippen LogP contribution in [-0.2, 0) is 11.2 Å². The highest BCUT2D eigenvalue weighted by atomic mass is 16.2. The Labute approximate surface area is 134 Å². The van der Waals surface area contributed by atoms with Crippen LogP contribution in [0.3, 0.4) is 0 Å². The van der Waals surface area contributed by atoms with E-state index in [1.807, 2.05) is 19.1 Å². The Bertz CT molecular complexity index is 510. The number of carbonyl (C=O) groups is 1. The number of nitrogens with zero attached hydrogens (tertiary/aromatic N) is 1. The van der Waals surface area contributed by atoms with Crippen molar-refractivity contribution in [3.63, 3.8) is 0 Å². The molecule has 0 aromatic heterocycles. The molecule has 1 heterocycles. The molecular formula is C18H29N3O. The Kier molecular flexibility index (Phi) is 5.24. The number of piperidine rings is 1. The van der Waals surface area contributed by atoms with Crippen molar-refractivity contribution < 1.29 is 4.79 Å². The molecular weight excluding hydrogens is 274 g/mol. The van der Waals surface area contributed by atoms with Crippen molar-refractivity contribution in [2.75, 3.05) is 18.4 Å². The van der Waals surface area contributed by atoms with Gasteiger partial charge in [0.25, 0.3) is 0 Å². The minimum Gasteiger partial charge on any atom is -0.327 e. The lowest BCUT2D eigenvalue weighted by molar-refractivity contribution is -0.122. The van der Waals surface area contributed by atoms with Gasteiger partial charge in [0.15, 0.2) is 0 Å². The van der Waals surface area contributed by atoms with Gasteiger partial charge in [0.05, 0.1) is 6.04 Å². The van der Waals surface area contributed by atoms with Gasteiger partial charge in [-0.05, 0) is 42.9 Å². The second-order valence-electron chi connectivity index (χ2n) is 7.07. The fourth-order valence-corrected chi connectivity index (χ4v) is 2.98. The van der Waals surface area contributed by atoms with E-state index in [1.54, 1.807) is 0 Å². The van der Waals surface area contributed by atoms with Gasteiger partial charge < -0.3 is 11.1 Å². The summed E-state index contributed by atoms with van der Waals surface area (Å²) in [5, 5.41) is 3.02. The van der Waals surface area contributed by atoms with Gasteiger partial charge in [-0.25, -0.2) is 0 Å². The maximum atomic E-state index is 12.5. The number of hydrogen-bond acceptors (Lipinski definition) is 3. The molecule has 4 nitrogen and oxygen atoms in total. The Morgan fingerprint density at radius 2 is 2.05 bits per heavy atom. The predicted octanol–water partition coefficient (Wildman–Crippen LogP) is 2.64. The highest BCUT2D eigenvalue weighted by Gasteiger charge is 2.36. The minimum absolute atomic E-state index is 0.0512. The summed E-state index contributed by atoms with van der Waals surface area (Å²) in [6.07, 6.45) is 1.95. The summed E-state index contributed by atoms with van der Waals surface area (Å²) in [5.41, 5.74) is 8.36. The molecule has 3 N–H and O–H groups in total. The standard InChI is InChI=1S/C18H29N3O/c1-5-14-6-8-15(9-7-14)20-17(22)13(2)21-11-10-16(19)18(3,4)12-21/h6-9,13,16H,5,10-12,19H2,1-4H3,(H,20,22). The highest BCUT2D eigenvalue weighted by molar-refractivity contribution is 5.94. The predicted molar refractivity (Wildman–Crippen MR) is 91.9 cm³/mol. The van der Waals surface area contributed by atoms with E-state index in [0.29, 0.717) is 0 Å². The van der Waals surface area contributed by atoms with Gasteiger partial charge >= 0.3 is 0 Å². The van der Waals surface area contributed by atoms with Gasteiger partial charge in [-0.2, -0.15) is 0 Å². The molecule has 122 valence electrons. The van der Waals surface area contributed by atoms with E-state index < -0.39 is 0 Å². The number of nitrogens with two attached hydrogens (primary N) is 1. The zero-order chi connectivity index (χ0) is 16.3. The molecule has 2 unspecified atom stereocenters. The second-order valence-corrected chi connectivity index (χ2v) is 7.07. The molecule has 0 saturated carbocycles. The number of anilines is 1. The normalized spacial score (nSPS) is 23.0. The van der Waals surface area contributed by atoms with E-state index in [0.717, 1.165) is 31.6 Å². The van der Waals surface area contributed by atoms with Crippen LogP contribution >= 0.6 is 0 Å². The summed E-state index contributed by atoms with van der Waals surface area (Å²) >= 11 is 0. The molecule has 4 heteroatoms. The Morgan fingerprint density at radius 3 is 2.59 bits per heavy atom. The van der Waals surface area contributed by atoms with Gasteiger partial charge in [-0.15, -0.1) is 0 Å². The molecule has 1 saturated heterocycles. The molecule has 1 fully saturated rings. The average molecular weight is 303 g/mol. The van der Waals surface area contributed by atoms with Crippen molar-refractivity contribution in [1.82, 2.24) is 4.90 Å². The fourth-order valence-electron chi connectivity index (χ4n) is 2.98. The quantitative estimate of drug-likeness (QED) is 0.899. The van der Waals surface area contributed by atoms with Gasteiger partial charge in [-0.3, -0.25) is 9.69 Å². The maximum absolute atomic E-state index is 12.5. The van der Waals surface area contributed by atoms with Crippen molar-refractivity contribution in [2.45, 2.75) is 52.6 Å². The van der Waals surface area contributed by atoms with Crippen LogP contribution in [0.1, 0.15) is 39.7 Å². The van der Waals surface area contributed by atoms with Crippen molar-refractivity contribution in [3.05, 3.63) is 29.8 Å². The smallest absolute Gasteiger partial charge is 0.241 e. The maximum Gasteiger partial charge on any atom is 0.241 e. The number of benzene rings is 1. The monoisotopic (exact) mass is 303 g/mol. The van der Waals surface area contributed by atoms with E-state index in [2.05, 4.69) is 43.1 Å². The third-order valence-electron chi connectivity index (χ3n) is 4.90. The molecule has 1 aromatic rings. The molecule has 1 aliphatic rings. The Morgan fingerprint density at radius 1 is 1.41 bits per heavy atom. The number of hydrogen-bond donors (Lipinski definition) is 2. The number of aryl methyl sites for hydroxylation is 1. The Hall–Kier alpha value is -1.39. The summed E-state index contributed by atoms with van der Waals surface area (Å²) in [6, 6.07) is 8.13. The van der Waals surface area contributed by atoms with E-state index >= 15 is 0 Å². The second kappa shape index (κ2) is 6.80. The van der Waals surface area contributed by atoms with E-state index in [4.69, 9.17) is 5.73 Å². The number of carbonyl (C=O) groups excluding carboxylic acids is 1. The topological polar surface area (TPSA) is 58.4 Å². The number of likely N-dealkylation sites (tertiary alicyclic amines) is 1. The summed E-state index contributed by atoms with van der Waals surface area (Å²) in [4.78, 5) is 14.7. The molecule has 0 spiro atoms. The summed E-state index contributed by atoms with van der Waals surface area (Å²) in [6.45, 7) is 10.2. The summed E-state index contributed by atoms with van der Waals surface area (Å²) in [7, 11) is 0. The van der Waals surface area contributed by atoms with Gasteiger partial charge in [-0.1, -0.05) is 32.9 Å². The summed E-state index contributed by atoms with van der Waals surface area (Å²) in [5.74, 6) is 0.0514. The third-order valence-corrected chi connectivity index (χ3v) is 4.90. The van der Waals surface area contributed by atoms with Crippen LogP contribution in [0.25, 0.3) is 0 Å². The summed E-state index contributed by atoms with van der Waals surface area (Å²) < 4.78 is 0. The molecule has 2 atom stereocenters. The first kappa shape index (κ1) is 17.0. The third kappa shape index (κ3) is 3.87. The van der Waals surface area contributed by atoms with Crippen molar-refractivity contribution in [3.8, 4) is 0 Å². The van der Waals surface area contributed by atoms with Gasteiger partial charge in [0.1, 0.15) is 0 Å². The number of rotatable bonds is 4. The SMILES string of the molecule is CCc1ccc(NC(=O)C(C)N2CCC(N)C(C)(C)C2)cc1. The van der Waals surface area contributed by atoms with Crippen molar-refractivity contribution in [1.29, 1.82) is 0 Å². The molecule has 0 aliphatic carbocycles. The first-order valence-corrected chi connectivity index (χ1v) is 8.23. The lowest BCUT2D eigenvalue weighted by atomic mass is 9.79. The van der Waals surface area contributed by atoms with Crippen LogP contribution in [0.4, 0.5) is 5.69 Å². The van der Waals surface area contributed by atoms with Crippen LogP contribution in [0.2, 0.25) is 0 Å². The van der Waals surface area contributed by atoms with E-state index in [-0.39, 0.29) is 23.4 Å². The van der Waals surface area contributed by atoms with Crippen LogP contribution in [0.5, 0.6) is 0 Å². The number of nitrogens with one attached hydrogen (secondary N) is 1. The van der Waals surface area contributed by atoms with Crippen LogP contribution < -0.4 is 11.1 Å². The zero-order valence-electron chi connectivity index (χ0n) is 14.2. The lowest BCUT2D eigenvalue weighted by Crippen LogP contribution is -2.56. The molecule has 1 amide bonds. The van der Waals surface area contributed by atoms with Crippen LogP contribution in [0, 0.1) is 5.41 Å². The highest BCUT2D eigenvalue weighted by Crippen LogP contribution is 2.29. The van der Waals surface area contributed by atoms with E-state index in [9.17, 15) is 4.79 Å². The van der Waals surface area contributed by atoms with Gasteiger partial charge in [0.2, 0.25) is 5.91 Å². The lowest BCUT2D eigenvalue weighted by Gasteiger charge is -2.44. The molecule has 2 rings (SSSR count). The molecule has 1 aliphatic heterocycles. The van der Waals surface area contributed by atoms with Gasteiger partial charge in [0, 0.05) is 24.8 Å². The molecule has 0 bridgehead atoms. The molecule has 0 radical (unpaired) electrons. The average Bonchev–Trinajstić information content (AvgIpc) is 2.50. The van der Waals surface area contributed by atoms with Crippen molar-refractivity contribution in [2.24, 2.45) is 11.1 Å². The largest absolute Gasteiger partial charge is 0.327 e. The first-order chi connectivity index (χ1) is 10.3. The minimum atomic E-state index is -0.141. The van der Waals surface area contributed by atoms with E-state index in [1.165, 1.54) is 5.56 Å². The van der Waals surface area contributed by atoms with Crippen LogP contribution in [-0.4, -0.2) is 36.0 Å². The van der Waals surface area contributed by atoms with Crippen LogP contribution in [0.15, 0.2) is 24.3 Å². The zero-order valence-corrected chi connectivity index (χ0v) is 14.2. The fraction of sp³-hybridized carbons (Fsp3) is 0.611. The van der Waals surface area contributed by atoms with Crippen molar-refractivity contribution >= 4 is 11.6 Å². The number of amides is 1. The Balaban J connectivity index is 1.96. The molecule has 1 aromatic carbocycles. The molecule has 22 heavy (non-hydrogen) atoms.